The van der Waals surface area contributed by atoms with E-state index in [9.17, 15) is 4.79 Å². The Morgan fingerprint density at radius 3 is 2.10 bits per heavy atom. The highest BCUT2D eigenvalue weighted by Gasteiger charge is 2.52. The molecule has 4 nitrogen and oxygen atoms in total. The molecule has 3 atom stereocenters. The number of hydrogen-bond donors (Lipinski definition) is 0. The van der Waals surface area contributed by atoms with Crippen LogP contribution in [-0.2, 0) is 20.4 Å². The molecule has 3 aromatic carbocycles. The van der Waals surface area contributed by atoms with Crippen molar-refractivity contribution in [3.63, 3.8) is 0 Å². The topological polar surface area (TPSA) is 44.8 Å². The molecule has 0 radical (unpaired) electrons. The highest BCUT2D eigenvalue weighted by molar-refractivity contribution is 14.1. The van der Waals surface area contributed by atoms with Crippen molar-refractivity contribution in [2.24, 2.45) is 11.8 Å². The molecule has 40 heavy (non-hydrogen) atoms. The lowest BCUT2D eigenvalue weighted by Gasteiger charge is -2.43. The van der Waals surface area contributed by atoms with Crippen molar-refractivity contribution in [2.75, 3.05) is 18.1 Å². The monoisotopic (exact) mass is 670 g/mol. The van der Waals surface area contributed by atoms with Crippen molar-refractivity contribution in [3.05, 3.63) is 90.5 Å². The highest BCUT2D eigenvalue weighted by Crippen LogP contribution is 2.44. The van der Waals surface area contributed by atoms with E-state index in [1.165, 1.54) is 15.9 Å². The predicted molar refractivity (Wildman–Crippen MR) is 174 cm³/mol. The van der Waals surface area contributed by atoms with Crippen molar-refractivity contribution >= 4 is 47.3 Å². The summed E-state index contributed by atoms with van der Waals surface area (Å²) in [4.78, 5) is 13.1. The molecule has 0 saturated carbocycles. The molecule has 3 aromatic rings. The molecular weight excluding hydrogens is 627 g/mol. The number of carbonyl (C=O) groups is 1. The number of alkyl halides is 1. The Hall–Kier alpha value is -2.16. The number of aryl methyl sites for hydroxylation is 1. The van der Waals surface area contributed by atoms with Gasteiger partial charge in [0.05, 0.1) is 13.0 Å². The summed E-state index contributed by atoms with van der Waals surface area (Å²) in [6.07, 6.45) is 3.38. The van der Waals surface area contributed by atoms with Gasteiger partial charge in [-0.1, -0.05) is 116 Å². The third kappa shape index (κ3) is 6.49. The van der Waals surface area contributed by atoms with Crippen LogP contribution in [0.4, 0.5) is 0 Å². The van der Waals surface area contributed by atoms with Gasteiger partial charge < -0.3 is 13.9 Å². The number of halogens is 1. The second-order valence-electron chi connectivity index (χ2n) is 12.1. The van der Waals surface area contributed by atoms with E-state index < -0.39 is 13.9 Å². The van der Waals surface area contributed by atoms with Crippen LogP contribution >= 0.6 is 22.6 Å². The van der Waals surface area contributed by atoms with E-state index in [4.69, 9.17) is 13.9 Å². The van der Waals surface area contributed by atoms with Crippen LogP contribution in [0.3, 0.4) is 0 Å². The van der Waals surface area contributed by atoms with Crippen LogP contribution < -0.4 is 15.1 Å². The van der Waals surface area contributed by atoms with Crippen LogP contribution in [0, 0.1) is 11.8 Å². The summed E-state index contributed by atoms with van der Waals surface area (Å²) in [5.74, 6) is 0.838. The van der Waals surface area contributed by atoms with Gasteiger partial charge in [0.1, 0.15) is 11.4 Å². The highest BCUT2D eigenvalue weighted by atomic mass is 127. The van der Waals surface area contributed by atoms with Crippen LogP contribution in [0.15, 0.2) is 84.9 Å². The lowest BCUT2D eigenvalue weighted by atomic mass is 9.77. The van der Waals surface area contributed by atoms with E-state index in [1.54, 1.807) is 7.11 Å². The Bertz CT molecular complexity index is 1200. The molecule has 1 heterocycles. The van der Waals surface area contributed by atoms with Crippen LogP contribution in [0.25, 0.3) is 0 Å². The summed E-state index contributed by atoms with van der Waals surface area (Å²) in [5, 5.41) is 2.53. The number of methoxy groups -OCH3 is 1. The van der Waals surface area contributed by atoms with E-state index in [1.807, 2.05) is 12.1 Å². The maximum atomic E-state index is 13.1. The maximum Gasteiger partial charge on any atom is 0.309 e. The maximum absolute atomic E-state index is 13.1. The SMILES string of the molecule is COc1cccc(CC[C@@H]2C(=O)O[C@](C)(CI)[C@H]2CCCO[Si](c2ccccc2)(c2ccccc2)C(C)(C)C)c1. The fourth-order valence-corrected chi connectivity index (χ4v) is 11.7. The summed E-state index contributed by atoms with van der Waals surface area (Å²) in [7, 11) is -0.896. The van der Waals surface area contributed by atoms with Crippen molar-refractivity contribution < 1.29 is 18.7 Å². The smallest absolute Gasteiger partial charge is 0.309 e. The molecule has 1 aliphatic rings. The minimum Gasteiger partial charge on any atom is -0.497 e. The summed E-state index contributed by atoms with van der Waals surface area (Å²) in [6, 6.07) is 29.7. The lowest BCUT2D eigenvalue weighted by Crippen LogP contribution is -2.66. The fraction of sp³-hybridized carbons (Fsp3) is 0.441. The Morgan fingerprint density at radius 1 is 0.925 bits per heavy atom. The van der Waals surface area contributed by atoms with Crippen LogP contribution in [0.5, 0.6) is 5.75 Å². The zero-order valence-electron chi connectivity index (χ0n) is 24.5. The number of hydrogen-bond acceptors (Lipinski definition) is 4. The van der Waals surface area contributed by atoms with Gasteiger partial charge in [0, 0.05) is 17.0 Å². The van der Waals surface area contributed by atoms with Gasteiger partial charge in [-0.3, -0.25) is 4.79 Å². The molecular formula is C34H43IO4Si. The third-order valence-corrected chi connectivity index (χ3v) is 15.0. The summed E-state index contributed by atoms with van der Waals surface area (Å²) in [6.45, 7) is 9.69. The number of cyclic esters (lactones) is 1. The Labute approximate surface area is 255 Å². The average molecular weight is 671 g/mol. The molecule has 6 heteroatoms. The number of ether oxygens (including phenoxy) is 2. The van der Waals surface area contributed by atoms with Crippen LogP contribution in [-0.4, -0.2) is 38.0 Å². The van der Waals surface area contributed by atoms with Gasteiger partial charge in [0.15, 0.2) is 0 Å². The first-order chi connectivity index (χ1) is 19.1. The van der Waals surface area contributed by atoms with Crippen molar-refractivity contribution in [1.29, 1.82) is 0 Å². The Balaban J connectivity index is 1.52. The third-order valence-electron chi connectivity index (χ3n) is 8.44. The molecule has 1 saturated heterocycles. The van der Waals surface area contributed by atoms with Crippen molar-refractivity contribution in [2.45, 2.75) is 64.0 Å². The standard InChI is InChI=1S/C34H43IO4Si/c1-33(2,3)40(28-16-8-6-9-17-28,29-18-10-7-11-19-29)38-23-13-20-31-30(32(36)39-34(31,4)25-35)22-21-26-14-12-15-27(24-26)37-5/h6-12,14-19,24,30-31H,13,20-23,25H2,1-5H3/t30-,31-,34+/m0/s1. The second kappa shape index (κ2) is 13.2. The van der Waals surface area contributed by atoms with Crippen molar-refractivity contribution in [3.8, 4) is 5.75 Å². The van der Waals surface area contributed by atoms with Crippen molar-refractivity contribution in [1.82, 2.24) is 0 Å². The van der Waals surface area contributed by atoms with Gasteiger partial charge in [0.25, 0.3) is 8.32 Å². The van der Waals surface area contributed by atoms with Gasteiger partial charge in [0.2, 0.25) is 0 Å². The average Bonchev–Trinajstić information content (AvgIpc) is 3.21. The minimum atomic E-state index is -2.58. The molecule has 0 bridgehead atoms. The van der Waals surface area contributed by atoms with E-state index in [0.29, 0.717) is 6.61 Å². The largest absolute Gasteiger partial charge is 0.497 e. The lowest BCUT2D eigenvalue weighted by molar-refractivity contribution is -0.148. The van der Waals surface area contributed by atoms with Gasteiger partial charge in [-0.2, -0.15) is 0 Å². The number of benzene rings is 3. The molecule has 0 spiro atoms. The zero-order valence-corrected chi connectivity index (χ0v) is 27.6. The first-order valence-corrected chi connectivity index (χ1v) is 17.7. The zero-order chi connectivity index (χ0) is 28.8. The quantitative estimate of drug-likeness (QED) is 0.0687. The molecule has 0 aromatic heterocycles. The summed E-state index contributed by atoms with van der Waals surface area (Å²) < 4.78 is 19.4. The predicted octanol–water partition coefficient (Wildman–Crippen LogP) is 6.97. The number of carbonyl (C=O) groups excluding carboxylic acids is 1. The summed E-state index contributed by atoms with van der Waals surface area (Å²) >= 11 is 2.37. The molecule has 0 N–H and O–H groups in total. The molecule has 214 valence electrons. The van der Waals surface area contributed by atoms with E-state index in [0.717, 1.165) is 35.9 Å². The first-order valence-electron chi connectivity index (χ1n) is 14.3. The Kier molecular flexibility index (Phi) is 10.2. The van der Waals surface area contributed by atoms with Gasteiger partial charge in [-0.05, 0) is 65.7 Å². The Morgan fingerprint density at radius 2 is 1.55 bits per heavy atom. The first kappa shape index (κ1) is 30.8. The molecule has 1 fully saturated rings. The van der Waals surface area contributed by atoms with Gasteiger partial charge in [-0.15, -0.1) is 0 Å². The van der Waals surface area contributed by atoms with Gasteiger partial charge >= 0.3 is 5.97 Å². The van der Waals surface area contributed by atoms with Gasteiger partial charge in [-0.25, -0.2) is 0 Å². The minimum absolute atomic E-state index is 0.0556. The fourth-order valence-electron chi connectivity index (χ4n) is 6.36. The van der Waals surface area contributed by atoms with E-state index in [-0.39, 0.29) is 22.8 Å². The number of rotatable bonds is 12. The summed E-state index contributed by atoms with van der Waals surface area (Å²) in [5.41, 5.74) is 0.734. The molecule has 0 amide bonds. The molecule has 1 aliphatic heterocycles. The second-order valence-corrected chi connectivity index (χ2v) is 17.2. The van der Waals surface area contributed by atoms with Crippen LogP contribution in [0.1, 0.15) is 52.5 Å². The number of esters is 1. The van der Waals surface area contributed by atoms with E-state index >= 15 is 0 Å². The van der Waals surface area contributed by atoms with Crippen LogP contribution in [0.2, 0.25) is 5.04 Å². The molecule has 0 unspecified atom stereocenters. The molecule has 4 rings (SSSR count). The molecule has 0 aliphatic carbocycles. The normalized spacial score (nSPS) is 21.3. The van der Waals surface area contributed by atoms with E-state index in [2.05, 4.69) is 123 Å².